The lowest BCUT2D eigenvalue weighted by Gasteiger charge is -2.19. The first-order chi connectivity index (χ1) is 33.7. The maximum absolute atomic E-state index is 7.23. The molecule has 0 radical (unpaired) electrons. The Morgan fingerprint density at radius 1 is 0.456 bits per heavy atom. The van der Waals surface area contributed by atoms with E-state index in [1.54, 1.807) is 0 Å². The van der Waals surface area contributed by atoms with Crippen molar-refractivity contribution < 1.29 is 4.42 Å². The first-order valence-corrected chi connectivity index (χ1v) is 24.9. The number of para-hydroxylation sites is 1. The van der Waals surface area contributed by atoms with Crippen molar-refractivity contribution in [2.75, 3.05) is 0 Å². The zero-order valence-electron chi connectivity index (χ0n) is 36.4. The largest absolute Gasteiger partial charge is 0.455 e. The minimum absolute atomic E-state index is 0.696. The monoisotopic (exact) mass is 901 g/mol. The van der Waals surface area contributed by atoms with Gasteiger partial charge >= 0.3 is 0 Å². The molecule has 0 bridgehead atoms. The summed E-state index contributed by atoms with van der Waals surface area (Å²) in [6.45, 7) is 0. The zero-order chi connectivity index (χ0) is 44.2. The molecule has 2 aliphatic heterocycles. The third-order valence-electron chi connectivity index (χ3n) is 14.7. The van der Waals surface area contributed by atoms with Gasteiger partial charge in [-0.1, -0.05) is 133 Å². The normalized spacial score (nSPS) is 14.2. The predicted octanol–water partition coefficient (Wildman–Crippen LogP) is 17.6. The summed E-state index contributed by atoms with van der Waals surface area (Å²) >= 11 is 3.68. The van der Waals surface area contributed by atoms with Crippen molar-refractivity contribution in [2.45, 2.75) is 12.8 Å². The van der Waals surface area contributed by atoms with Crippen molar-refractivity contribution in [1.29, 1.82) is 0 Å². The van der Waals surface area contributed by atoms with E-state index in [4.69, 9.17) is 14.4 Å². The van der Waals surface area contributed by atoms with Crippen molar-refractivity contribution in [2.24, 2.45) is 9.98 Å². The highest BCUT2D eigenvalue weighted by atomic mass is 32.1. The third kappa shape index (κ3) is 5.13. The van der Waals surface area contributed by atoms with Crippen LogP contribution >= 0.6 is 22.7 Å². The molecule has 0 aliphatic carbocycles. The average molecular weight is 902 g/mol. The molecule has 0 spiro atoms. The van der Waals surface area contributed by atoms with E-state index in [1.165, 1.54) is 89.3 Å². The molecule has 0 atom stereocenters. The maximum atomic E-state index is 7.23. The molecule has 0 N–H and O–H groups in total. The van der Waals surface area contributed by atoms with E-state index in [9.17, 15) is 0 Å². The Labute approximate surface area is 396 Å². The van der Waals surface area contributed by atoms with Crippen LogP contribution in [-0.2, 0) is 0 Å². The molecule has 14 aromatic rings. The number of aromatic nitrogens is 1. The van der Waals surface area contributed by atoms with E-state index >= 15 is 0 Å². The molecule has 316 valence electrons. The number of aliphatic imine (C=N–C) groups is 2. The summed E-state index contributed by atoms with van der Waals surface area (Å²) in [5.74, 6) is 0.696. The van der Waals surface area contributed by atoms with Crippen LogP contribution in [0.5, 0.6) is 0 Å². The number of fused-ring (bicyclic) bond motifs is 20. The lowest BCUT2D eigenvalue weighted by molar-refractivity contribution is 0.667. The first-order valence-electron chi connectivity index (χ1n) is 23.3. The van der Waals surface area contributed by atoms with Gasteiger partial charge in [0, 0.05) is 73.0 Å². The molecule has 68 heavy (non-hydrogen) atoms. The van der Waals surface area contributed by atoms with Crippen LogP contribution in [0, 0.1) is 0 Å². The molecular weight excluding hydrogens is 867 g/mol. The minimum atomic E-state index is 0.696. The molecule has 0 fully saturated rings. The Kier molecular flexibility index (Phi) is 7.46. The van der Waals surface area contributed by atoms with Crippen LogP contribution in [-0.4, -0.2) is 16.1 Å². The van der Waals surface area contributed by atoms with Gasteiger partial charge in [0.1, 0.15) is 11.2 Å². The first kappa shape index (κ1) is 37.0. The highest BCUT2D eigenvalue weighted by Crippen LogP contribution is 2.50. The van der Waals surface area contributed by atoms with Gasteiger partial charge in [-0.25, -0.2) is 9.98 Å². The number of thiophene rings is 2. The van der Waals surface area contributed by atoms with E-state index in [0.29, 0.717) is 5.84 Å². The van der Waals surface area contributed by atoms with Gasteiger partial charge in [0.2, 0.25) is 0 Å². The fourth-order valence-electron chi connectivity index (χ4n) is 11.6. The molecule has 2 aliphatic rings. The van der Waals surface area contributed by atoms with Crippen LogP contribution in [0.2, 0.25) is 0 Å². The van der Waals surface area contributed by atoms with E-state index in [1.807, 2.05) is 22.7 Å². The van der Waals surface area contributed by atoms with Crippen molar-refractivity contribution in [3.05, 3.63) is 210 Å². The zero-order valence-corrected chi connectivity index (χ0v) is 38.0. The third-order valence-corrected chi connectivity index (χ3v) is 16.9. The highest BCUT2D eigenvalue weighted by molar-refractivity contribution is 7.26. The Morgan fingerprint density at radius 2 is 1.10 bits per heavy atom. The van der Waals surface area contributed by atoms with Crippen molar-refractivity contribution in [3.8, 4) is 5.69 Å². The van der Waals surface area contributed by atoms with Crippen molar-refractivity contribution >= 4 is 151 Å². The lowest BCUT2D eigenvalue weighted by atomic mass is 9.91. The van der Waals surface area contributed by atoms with Crippen LogP contribution in [0.4, 0.5) is 0 Å². The van der Waals surface area contributed by atoms with Gasteiger partial charge in [-0.05, 0) is 100 Å². The SMILES string of the molecule is c1ccc2cc3c(cc2c1)c1cccc2c1n3-c1ccc3c(oc4ccc5ccccc5c43)c1C1=C2CCC(c2ccc3c(c2)sc2ccccc23)=NC(c2ccc3c(c2)sc2ccccc23)=N1. The summed E-state index contributed by atoms with van der Waals surface area (Å²) in [6, 6.07) is 69.1. The van der Waals surface area contributed by atoms with Crippen LogP contribution in [0.1, 0.15) is 35.1 Å². The smallest absolute Gasteiger partial charge is 0.160 e. The van der Waals surface area contributed by atoms with Gasteiger partial charge in [-0.2, -0.15) is 0 Å². The molecule has 6 heterocycles. The van der Waals surface area contributed by atoms with Gasteiger partial charge in [0.15, 0.2) is 5.84 Å². The summed E-state index contributed by atoms with van der Waals surface area (Å²) in [7, 11) is 0. The molecule has 4 aromatic heterocycles. The van der Waals surface area contributed by atoms with Gasteiger partial charge in [0.05, 0.1) is 33.7 Å². The fourth-order valence-corrected chi connectivity index (χ4v) is 13.9. The van der Waals surface area contributed by atoms with E-state index in [2.05, 4.69) is 193 Å². The number of nitrogens with zero attached hydrogens (tertiary/aromatic N) is 3. The number of benzene rings is 10. The number of furan rings is 1. The topological polar surface area (TPSA) is 42.8 Å². The van der Waals surface area contributed by atoms with Crippen LogP contribution in [0.15, 0.2) is 202 Å². The molecule has 6 heteroatoms. The number of hydrogen-bond donors (Lipinski definition) is 0. The molecule has 10 aromatic carbocycles. The summed E-state index contributed by atoms with van der Waals surface area (Å²) < 4.78 is 14.8. The van der Waals surface area contributed by atoms with E-state index in [0.717, 1.165) is 74.1 Å². The average Bonchev–Trinajstić information content (AvgIpc) is 4.12. The molecule has 16 rings (SSSR count). The Morgan fingerprint density at radius 3 is 1.90 bits per heavy atom. The van der Waals surface area contributed by atoms with Crippen molar-refractivity contribution in [1.82, 2.24) is 4.57 Å². The predicted molar refractivity (Wildman–Crippen MR) is 291 cm³/mol. The number of hydrogen-bond acceptors (Lipinski definition) is 5. The number of rotatable bonds is 2. The summed E-state index contributed by atoms with van der Waals surface area (Å²) in [5.41, 5.74) is 12.5. The lowest BCUT2D eigenvalue weighted by Crippen LogP contribution is -2.11. The summed E-state index contributed by atoms with van der Waals surface area (Å²) in [6.07, 6.45) is 1.45. The maximum Gasteiger partial charge on any atom is 0.160 e. The standard InChI is InChI=1S/C62H35N3OS2/c1-2-12-36-31-51-48(30-35(36)11-1)46-17-9-16-45-44-25-27-49(37-20-23-42-40-14-5-7-18-53(40)67-55(42)32-37)63-62(38-21-24-43-41-15-6-8-19-54(41)68-56(43)33-38)64-59(44)58-50(65(51)60(45)46)28-26-47-57-39-13-4-3-10-34(39)22-29-52(57)66-61(47)58/h1-24,26,28-33H,25,27H2. The fraction of sp³-hybridized carbons (Fsp3) is 0.0323. The number of amidine groups is 1. The van der Waals surface area contributed by atoms with Gasteiger partial charge in [0.25, 0.3) is 0 Å². The number of allylic oxidation sites excluding steroid dienone is 1. The van der Waals surface area contributed by atoms with Gasteiger partial charge < -0.3 is 8.98 Å². The highest BCUT2D eigenvalue weighted by Gasteiger charge is 2.32. The van der Waals surface area contributed by atoms with E-state index in [-0.39, 0.29) is 0 Å². The molecule has 0 saturated heterocycles. The quantitative estimate of drug-likeness (QED) is 0.170. The van der Waals surface area contributed by atoms with Crippen LogP contribution < -0.4 is 0 Å². The summed E-state index contributed by atoms with van der Waals surface area (Å²) in [4.78, 5) is 11.7. The molecule has 0 amide bonds. The van der Waals surface area contributed by atoms with Gasteiger partial charge in [-0.15, -0.1) is 22.7 Å². The molecular formula is C62H35N3OS2. The Balaban J connectivity index is 1.03. The van der Waals surface area contributed by atoms with Crippen LogP contribution in [0.25, 0.3) is 123 Å². The second-order valence-electron chi connectivity index (χ2n) is 18.3. The van der Waals surface area contributed by atoms with Crippen LogP contribution in [0.3, 0.4) is 0 Å². The Bertz CT molecular complexity index is 4680. The van der Waals surface area contributed by atoms with Gasteiger partial charge in [-0.3, -0.25) is 0 Å². The second-order valence-corrected chi connectivity index (χ2v) is 20.5. The molecule has 4 nitrogen and oxygen atoms in total. The van der Waals surface area contributed by atoms with E-state index < -0.39 is 0 Å². The van der Waals surface area contributed by atoms with Crippen molar-refractivity contribution in [3.63, 3.8) is 0 Å². The Hall–Kier alpha value is -8.16. The minimum Gasteiger partial charge on any atom is -0.455 e. The molecule has 0 saturated carbocycles. The summed E-state index contributed by atoms with van der Waals surface area (Å²) in [5, 5.41) is 14.6. The molecule has 0 unspecified atom stereocenters. The second kappa shape index (κ2) is 13.7.